The zero-order valence-electron chi connectivity index (χ0n) is 16.7. The van der Waals surface area contributed by atoms with Crippen LogP contribution >= 0.6 is 11.6 Å². The van der Waals surface area contributed by atoms with Crippen molar-refractivity contribution in [3.63, 3.8) is 0 Å². The molecule has 2 aromatic rings. The van der Waals surface area contributed by atoms with Gasteiger partial charge in [-0.1, -0.05) is 41.9 Å². The van der Waals surface area contributed by atoms with Gasteiger partial charge in [-0.2, -0.15) is 0 Å². The van der Waals surface area contributed by atoms with E-state index in [2.05, 4.69) is 4.72 Å². The second-order valence-corrected chi connectivity index (χ2v) is 9.60. The van der Waals surface area contributed by atoms with Crippen molar-refractivity contribution in [1.29, 1.82) is 0 Å². The van der Waals surface area contributed by atoms with Crippen LogP contribution in [0.3, 0.4) is 0 Å². The molecule has 1 heterocycles. The molecule has 0 amide bonds. The highest BCUT2D eigenvalue weighted by Crippen LogP contribution is 2.25. The highest BCUT2D eigenvalue weighted by Gasteiger charge is 2.45. The van der Waals surface area contributed by atoms with E-state index in [1.807, 2.05) is 42.3 Å². The summed E-state index contributed by atoms with van der Waals surface area (Å²) < 4.78 is 33.5. The van der Waals surface area contributed by atoms with Crippen molar-refractivity contribution in [2.75, 3.05) is 26.7 Å². The summed E-state index contributed by atoms with van der Waals surface area (Å²) in [7, 11) is -1.90. The highest BCUT2D eigenvalue weighted by molar-refractivity contribution is 7.89. The topological polar surface area (TPSA) is 99.1 Å². The predicted octanol–water partition coefficient (Wildman–Crippen LogP) is 1.28. The summed E-state index contributed by atoms with van der Waals surface area (Å²) in [6.45, 7) is 0.275. The van der Waals surface area contributed by atoms with Gasteiger partial charge in [0.05, 0.1) is 23.6 Å². The maximum Gasteiger partial charge on any atom is 0.240 e. The summed E-state index contributed by atoms with van der Waals surface area (Å²) >= 11 is 5.83. The lowest BCUT2D eigenvalue weighted by atomic mass is 10.0. The quantitative estimate of drug-likeness (QED) is 0.528. The van der Waals surface area contributed by atoms with Gasteiger partial charge in [0, 0.05) is 18.1 Å². The minimum atomic E-state index is -3.76. The second-order valence-electron chi connectivity index (χ2n) is 7.40. The minimum Gasteiger partial charge on any atom is -0.394 e. The smallest absolute Gasteiger partial charge is 0.240 e. The van der Waals surface area contributed by atoms with Crippen LogP contribution in [0.5, 0.6) is 0 Å². The Hall–Kier alpha value is -1.52. The third-order valence-electron chi connectivity index (χ3n) is 5.34. The van der Waals surface area contributed by atoms with Crippen molar-refractivity contribution in [3.8, 4) is 0 Å². The Morgan fingerprint density at radius 2 is 1.77 bits per heavy atom. The maximum absolute atomic E-state index is 12.6. The van der Waals surface area contributed by atoms with E-state index in [4.69, 9.17) is 16.3 Å². The molecule has 0 bridgehead atoms. The first-order chi connectivity index (χ1) is 14.3. The molecular formula is C21H27ClN2O5S. The van der Waals surface area contributed by atoms with Crippen LogP contribution in [0.25, 0.3) is 0 Å². The van der Waals surface area contributed by atoms with Crippen molar-refractivity contribution in [1.82, 2.24) is 9.62 Å². The number of likely N-dealkylation sites (N-methyl/N-ethyl adjacent to an activating group) is 1. The third-order valence-corrected chi connectivity index (χ3v) is 7.04. The monoisotopic (exact) mass is 454 g/mol. The largest absolute Gasteiger partial charge is 0.394 e. The predicted molar refractivity (Wildman–Crippen MR) is 115 cm³/mol. The number of benzene rings is 2. The lowest BCUT2D eigenvalue weighted by Crippen LogP contribution is -2.50. The number of hydrogen-bond acceptors (Lipinski definition) is 6. The second kappa shape index (κ2) is 10.2. The molecule has 0 saturated carbocycles. The van der Waals surface area contributed by atoms with Crippen molar-refractivity contribution in [3.05, 3.63) is 65.2 Å². The van der Waals surface area contributed by atoms with E-state index >= 15 is 0 Å². The molecule has 1 fully saturated rings. The van der Waals surface area contributed by atoms with Crippen LogP contribution in [-0.4, -0.2) is 74.6 Å². The average molecular weight is 455 g/mol. The van der Waals surface area contributed by atoms with Crippen LogP contribution in [0.4, 0.5) is 0 Å². The standard InChI is InChI=1S/C21H27ClN2O5S/c1-24(12-11-15-5-3-2-4-6-15)20-18(29-19(14-25)21(20)26)13-23-30(27,28)17-9-7-16(22)8-10-17/h2-10,18-21,23,25-26H,11-14H2,1H3/t18-,19+,20-,21-/m1/s1. The molecule has 1 aliphatic heterocycles. The van der Waals surface area contributed by atoms with E-state index in [9.17, 15) is 18.6 Å². The molecule has 0 aliphatic carbocycles. The number of rotatable bonds is 9. The molecule has 3 N–H and O–H groups in total. The summed E-state index contributed by atoms with van der Waals surface area (Å²) in [4.78, 5) is 2.05. The van der Waals surface area contributed by atoms with Gasteiger partial charge in [-0.15, -0.1) is 0 Å². The zero-order valence-corrected chi connectivity index (χ0v) is 18.3. The van der Waals surface area contributed by atoms with Gasteiger partial charge in [-0.25, -0.2) is 13.1 Å². The van der Waals surface area contributed by atoms with Gasteiger partial charge in [0.15, 0.2) is 0 Å². The van der Waals surface area contributed by atoms with E-state index in [1.54, 1.807) is 0 Å². The number of sulfonamides is 1. The molecule has 2 aromatic carbocycles. The average Bonchev–Trinajstić information content (AvgIpc) is 3.07. The maximum atomic E-state index is 12.6. The Bertz CT molecular complexity index is 911. The van der Waals surface area contributed by atoms with Gasteiger partial charge in [0.1, 0.15) is 12.2 Å². The van der Waals surface area contributed by atoms with Crippen molar-refractivity contribution in [2.45, 2.75) is 35.7 Å². The summed E-state index contributed by atoms with van der Waals surface area (Å²) in [5, 5.41) is 20.6. The fourth-order valence-electron chi connectivity index (χ4n) is 3.68. The van der Waals surface area contributed by atoms with Crippen LogP contribution in [-0.2, 0) is 21.2 Å². The Balaban J connectivity index is 1.67. The molecule has 30 heavy (non-hydrogen) atoms. The first-order valence-corrected chi connectivity index (χ1v) is 11.6. The van der Waals surface area contributed by atoms with E-state index in [-0.39, 0.29) is 18.0 Å². The summed E-state index contributed by atoms with van der Waals surface area (Å²) in [6.07, 6.45) is -1.53. The fourth-order valence-corrected chi connectivity index (χ4v) is 4.85. The molecule has 1 saturated heterocycles. The lowest BCUT2D eigenvalue weighted by molar-refractivity contribution is -0.0201. The van der Waals surface area contributed by atoms with Crippen LogP contribution < -0.4 is 4.72 Å². The van der Waals surface area contributed by atoms with Gasteiger partial charge < -0.3 is 14.9 Å². The molecule has 0 spiro atoms. The third kappa shape index (κ3) is 5.59. The van der Waals surface area contributed by atoms with Gasteiger partial charge in [0.2, 0.25) is 10.0 Å². The van der Waals surface area contributed by atoms with Gasteiger partial charge in [0.25, 0.3) is 0 Å². The van der Waals surface area contributed by atoms with E-state index in [0.29, 0.717) is 11.6 Å². The van der Waals surface area contributed by atoms with Crippen molar-refractivity contribution in [2.24, 2.45) is 0 Å². The summed E-state index contributed by atoms with van der Waals surface area (Å²) in [5.74, 6) is 0. The van der Waals surface area contributed by atoms with Crippen molar-refractivity contribution >= 4 is 21.6 Å². The number of halogens is 1. The summed E-state index contributed by atoms with van der Waals surface area (Å²) in [6, 6.07) is 15.4. The van der Waals surface area contributed by atoms with Gasteiger partial charge in [-0.05, 0) is 43.3 Å². The van der Waals surface area contributed by atoms with E-state index in [0.717, 1.165) is 12.0 Å². The normalized spacial score (nSPS) is 24.4. The van der Waals surface area contributed by atoms with Crippen LogP contribution in [0, 0.1) is 0 Å². The Morgan fingerprint density at radius 3 is 2.40 bits per heavy atom. The van der Waals surface area contributed by atoms with E-state index in [1.165, 1.54) is 24.3 Å². The van der Waals surface area contributed by atoms with Gasteiger partial charge in [-0.3, -0.25) is 4.90 Å². The zero-order chi connectivity index (χ0) is 21.7. The summed E-state index contributed by atoms with van der Waals surface area (Å²) in [5.41, 5.74) is 1.16. The van der Waals surface area contributed by atoms with Gasteiger partial charge >= 0.3 is 0 Å². The highest BCUT2D eigenvalue weighted by atomic mass is 35.5. The number of hydrogen-bond donors (Lipinski definition) is 3. The SMILES string of the molecule is CN(CCc1ccccc1)[C@H]1[C@H](O)[C@H](CO)O[C@@H]1CNS(=O)(=O)c1ccc(Cl)cc1. The Morgan fingerprint density at radius 1 is 1.10 bits per heavy atom. The molecular weight excluding hydrogens is 428 g/mol. The Kier molecular flexibility index (Phi) is 7.86. The molecule has 0 unspecified atom stereocenters. The van der Waals surface area contributed by atoms with Crippen LogP contribution in [0.15, 0.2) is 59.5 Å². The number of nitrogens with zero attached hydrogens (tertiary/aromatic N) is 1. The van der Waals surface area contributed by atoms with Crippen molar-refractivity contribution < 1.29 is 23.4 Å². The first kappa shape index (κ1) is 23.1. The number of aliphatic hydroxyl groups excluding tert-OH is 2. The molecule has 0 radical (unpaired) electrons. The molecule has 164 valence electrons. The number of aliphatic hydroxyl groups is 2. The number of nitrogens with one attached hydrogen (secondary N) is 1. The first-order valence-electron chi connectivity index (χ1n) is 9.75. The minimum absolute atomic E-state index is 0.0289. The lowest BCUT2D eigenvalue weighted by Gasteiger charge is -2.30. The van der Waals surface area contributed by atoms with Crippen LogP contribution in [0.2, 0.25) is 5.02 Å². The van der Waals surface area contributed by atoms with E-state index < -0.39 is 34.4 Å². The Labute approximate surface area is 182 Å². The molecule has 7 nitrogen and oxygen atoms in total. The molecule has 1 aliphatic rings. The molecule has 0 aromatic heterocycles. The molecule has 9 heteroatoms. The number of ether oxygens (including phenoxy) is 1. The fraction of sp³-hybridized carbons (Fsp3) is 0.429. The molecule has 3 rings (SSSR count). The molecule has 4 atom stereocenters. The van der Waals surface area contributed by atoms with Crippen LogP contribution in [0.1, 0.15) is 5.56 Å².